The van der Waals surface area contributed by atoms with Gasteiger partial charge < -0.3 is 10.5 Å². The van der Waals surface area contributed by atoms with E-state index in [0.29, 0.717) is 5.69 Å². The average molecular weight is 300 g/mol. The molecule has 1 aromatic rings. The summed E-state index contributed by atoms with van der Waals surface area (Å²) in [7, 11) is 0. The van der Waals surface area contributed by atoms with Gasteiger partial charge in [0.2, 0.25) is 0 Å². The number of rotatable bonds is 8. The molecule has 0 aliphatic carbocycles. The number of hydrogen-bond donors (Lipinski definition) is 1. The van der Waals surface area contributed by atoms with Gasteiger partial charge in [-0.05, 0) is 24.6 Å². The van der Waals surface area contributed by atoms with Crippen molar-refractivity contribution < 1.29 is 4.74 Å². The Bertz CT molecular complexity index is 328. The molecule has 0 atom stereocenters. The van der Waals surface area contributed by atoms with Crippen LogP contribution in [0.1, 0.15) is 45.4 Å². The highest BCUT2D eigenvalue weighted by Crippen LogP contribution is 2.25. The summed E-state index contributed by atoms with van der Waals surface area (Å²) in [5, 5.41) is 0. The summed E-state index contributed by atoms with van der Waals surface area (Å²) in [5.41, 5.74) is 6.55. The van der Waals surface area contributed by atoms with Crippen LogP contribution in [0.4, 0.5) is 5.69 Å². The number of anilines is 1. The van der Waals surface area contributed by atoms with E-state index in [2.05, 4.69) is 22.9 Å². The maximum Gasteiger partial charge on any atom is 0.142 e. The fourth-order valence-corrected chi connectivity index (χ4v) is 2.09. The smallest absolute Gasteiger partial charge is 0.142 e. The van der Waals surface area contributed by atoms with Crippen molar-refractivity contribution in [2.24, 2.45) is 0 Å². The normalized spacial score (nSPS) is 10.5. The lowest BCUT2D eigenvalue weighted by Gasteiger charge is -2.08. The Labute approximate surface area is 113 Å². The molecule has 0 unspecified atom stereocenters. The Morgan fingerprint density at radius 1 is 1.12 bits per heavy atom. The van der Waals surface area contributed by atoms with Gasteiger partial charge in [-0.25, -0.2) is 0 Å². The highest BCUT2D eigenvalue weighted by Gasteiger charge is 2.00. The maximum atomic E-state index is 5.85. The first-order valence-corrected chi connectivity index (χ1v) is 7.21. The summed E-state index contributed by atoms with van der Waals surface area (Å²) in [6.45, 7) is 3.00. The molecule has 0 amide bonds. The zero-order valence-electron chi connectivity index (χ0n) is 10.5. The highest BCUT2D eigenvalue weighted by atomic mass is 79.9. The summed E-state index contributed by atoms with van der Waals surface area (Å²) >= 11 is 3.38. The Kier molecular flexibility index (Phi) is 7.10. The third-order valence-electron chi connectivity index (χ3n) is 2.73. The number of nitrogens with two attached hydrogens (primary N) is 1. The molecule has 2 N–H and O–H groups in total. The summed E-state index contributed by atoms with van der Waals surface area (Å²) in [6.07, 6.45) is 7.66. The number of hydrogen-bond acceptors (Lipinski definition) is 2. The number of unbranched alkanes of at least 4 members (excludes halogenated alkanes) is 5. The number of benzene rings is 1. The van der Waals surface area contributed by atoms with Gasteiger partial charge >= 0.3 is 0 Å². The SMILES string of the molecule is CCCCCCCCOc1ccc(Br)cc1N. The molecular formula is C14H22BrNO. The lowest BCUT2D eigenvalue weighted by atomic mass is 10.1. The second-order valence-corrected chi connectivity index (χ2v) is 5.21. The second kappa shape index (κ2) is 8.40. The van der Waals surface area contributed by atoms with E-state index in [9.17, 15) is 0 Å². The van der Waals surface area contributed by atoms with Crippen LogP contribution >= 0.6 is 15.9 Å². The van der Waals surface area contributed by atoms with Crippen molar-refractivity contribution in [1.82, 2.24) is 0 Å². The number of nitrogen functional groups attached to an aromatic ring is 1. The van der Waals surface area contributed by atoms with E-state index in [0.717, 1.165) is 23.2 Å². The van der Waals surface area contributed by atoms with E-state index < -0.39 is 0 Å². The molecule has 2 nitrogen and oxygen atoms in total. The molecule has 96 valence electrons. The Morgan fingerprint density at radius 3 is 2.53 bits per heavy atom. The van der Waals surface area contributed by atoms with Crippen molar-refractivity contribution in [3.63, 3.8) is 0 Å². The molecular weight excluding hydrogens is 278 g/mol. The molecule has 0 saturated carbocycles. The van der Waals surface area contributed by atoms with Crippen LogP contribution in [0.3, 0.4) is 0 Å². The fourth-order valence-electron chi connectivity index (χ4n) is 1.72. The van der Waals surface area contributed by atoms with Crippen molar-refractivity contribution in [3.05, 3.63) is 22.7 Å². The van der Waals surface area contributed by atoms with Crippen LogP contribution in [0, 0.1) is 0 Å². The van der Waals surface area contributed by atoms with Gasteiger partial charge in [-0.3, -0.25) is 0 Å². The maximum absolute atomic E-state index is 5.85. The van der Waals surface area contributed by atoms with Crippen LogP contribution in [-0.4, -0.2) is 6.61 Å². The average Bonchev–Trinajstić information content (AvgIpc) is 2.30. The predicted octanol–water partition coefficient (Wildman–Crippen LogP) is 4.77. The lowest BCUT2D eigenvalue weighted by Crippen LogP contribution is -2.00. The van der Waals surface area contributed by atoms with Crippen LogP contribution < -0.4 is 10.5 Å². The topological polar surface area (TPSA) is 35.2 Å². The van der Waals surface area contributed by atoms with Crippen molar-refractivity contribution in [2.75, 3.05) is 12.3 Å². The van der Waals surface area contributed by atoms with E-state index >= 15 is 0 Å². The van der Waals surface area contributed by atoms with E-state index in [-0.39, 0.29) is 0 Å². The van der Waals surface area contributed by atoms with Crippen LogP contribution in [0.25, 0.3) is 0 Å². The standard InChI is InChI=1S/C14H22BrNO/c1-2-3-4-5-6-7-10-17-14-9-8-12(15)11-13(14)16/h8-9,11H,2-7,10,16H2,1H3. The van der Waals surface area contributed by atoms with Crippen LogP contribution in [-0.2, 0) is 0 Å². The molecule has 17 heavy (non-hydrogen) atoms. The quantitative estimate of drug-likeness (QED) is 0.554. The van der Waals surface area contributed by atoms with E-state index in [4.69, 9.17) is 10.5 Å². The molecule has 3 heteroatoms. The summed E-state index contributed by atoms with van der Waals surface area (Å²) < 4.78 is 6.64. The van der Waals surface area contributed by atoms with Gasteiger partial charge in [-0.1, -0.05) is 55.0 Å². The molecule has 0 bridgehead atoms. The van der Waals surface area contributed by atoms with Crippen molar-refractivity contribution in [2.45, 2.75) is 45.4 Å². The van der Waals surface area contributed by atoms with E-state index in [1.807, 2.05) is 18.2 Å². The number of halogens is 1. The molecule has 0 aromatic heterocycles. The molecule has 0 aliphatic heterocycles. The molecule has 0 radical (unpaired) electrons. The minimum Gasteiger partial charge on any atom is -0.491 e. The van der Waals surface area contributed by atoms with Gasteiger partial charge in [-0.15, -0.1) is 0 Å². The Morgan fingerprint density at radius 2 is 1.82 bits per heavy atom. The minimum atomic E-state index is 0.699. The van der Waals surface area contributed by atoms with E-state index in [1.54, 1.807) is 0 Å². The van der Waals surface area contributed by atoms with Crippen molar-refractivity contribution in [1.29, 1.82) is 0 Å². The number of ether oxygens (including phenoxy) is 1. The molecule has 1 rings (SSSR count). The first-order chi connectivity index (χ1) is 8.24. The minimum absolute atomic E-state index is 0.699. The molecule has 0 saturated heterocycles. The van der Waals surface area contributed by atoms with Gasteiger partial charge in [0.05, 0.1) is 12.3 Å². The van der Waals surface area contributed by atoms with E-state index in [1.165, 1.54) is 32.1 Å². The van der Waals surface area contributed by atoms with Crippen LogP contribution in [0.2, 0.25) is 0 Å². The molecule has 1 aromatic carbocycles. The summed E-state index contributed by atoms with van der Waals surface area (Å²) in [6, 6.07) is 5.74. The highest BCUT2D eigenvalue weighted by molar-refractivity contribution is 9.10. The van der Waals surface area contributed by atoms with Gasteiger partial charge in [-0.2, -0.15) is 0 Å². The molecule has 0 fully saturated rings. The monoisotopic (exact) mass is 299 g/mol. The van der Waals surface area contributed by atoms with Gasteiger partial charge in [0.1, 0.15) is 5.75 Å². The Balaban J connectivity index is 2.14. The largest absolute Gasteiger partial charge is 0.491 e. The van der Waals surface area contributed by atoms with Crippen molar-refractivity contribution in [3.8, 4) is 5.75 Å². The Hall–Kier alpha value is -0.700. The summed E-state index contributed by atoms with van der Waals surface area (Å²) in [4.78, 5) is 0. The lowest BCUT2D eigenvalue weighted by molar-refractivity contribution is 0.306. The van der Waals surface area contributed by atoms with Crippen LogP contribution in [0.15, 0.2) is 22.7 Å². The van der Waals surface area contributed by atoms with Gasteiger partial charge in [0, 0.05) is 4.47 Å². The second-order valence-electron chi connectivity index (χ2n) is 4.30. The third kappa shape index (κ3) is 5.97. The fraction of sp³-hybridized carbons (Fsp3) is 0.571. The molecule has 0 spiro atoms. The third-order valence-corrected chi connectivity index (χ3v) is 3.22. The first-order valence-electron chi connectivity index (χ1n) is 6.42. The zero-order valence-corrected chi connectivity index (χ0v) is 12.1. The molecule has 0 heterocycles. The van der Waals surface area contributed by atoms with Crippen molar-refractivity contribution >= 4 is 21.6 Å². The van der Waals surface area contributed by atoms with Gasteiger partial charge in [0.25, 0.3) is 0 Å². The predicted molar refractivity (Wildman–Crippen MR) is 77.4 cm³/mol. The summed E-state index contributed by atoms with van der Waals surface area (Å²) in [5.74, 6) is 0.793. The zero-order chi connectivity index (χ0) is 12.5. The van der Waals surface area contributed by atoms with Crippen LogP contribution in [0.5, 0.6) is 5.75 Å². The molecule has 0 aliphatic rings. The van der Waals surface area contributed by atoms with Gasteiger partial charge in [0.15, 0.2) is 0 Å². The first kappa shape index (κ1) is 14.4.